The van der Waals surface area contributed by atoms with Crippen molar-refractivity contribution in [1.82, 2.24) is 0 Å². The maximum Gasteiger partial charge on any atom is 0.392 e. The Morgan fingerprint density at radius 3 is 2.32 bits per heavy atom. The minimum atomic E-state index is -4.63. The molecule has 0 aromatic heterocycles. The quantitative estimate of drug-likeness (QED) is 0.158. The summed E-state index contributed by atoms with van der Waals surface area (Å²) in [5, 5.41) is 3.00. The van der Waals surface area contributed by atoms with Crippen LogP contribution in [0.5, 0.6) is 0 Å². The SMILES string of the molecule is C=COC(c1ccc(Cl)c(NC(=O)[C@H](c2ccc(Cl)cc2)[C@@H](C)C(F)(F)F)c1)C1(C(=O)OCCCC)CC1. The largest absolute Gasteiger partial charge is 0.493 e. The fraction of sp³-hybridized carbons (Fsp3) is 0.429. The van der Waals surface area contributed by atoms with Crippen molar-refractivity contribution in [1.29, 1.82) is 0 Å². The second-order valence-corrected chi connectivity index (χ2v) is 10.3. The molecule has 1 unspecified atom stereocenters. The number of alkyl halides is 3. The monoisotopic (exact) mass is 571 g/mol. The molecule has 1 aliphatic carbocycles. The average Bonchev–Trinajstić information content (AvgIpc) is 3.67. The summed E-state index contributed by atoms with van der Waals surface area (Å²) in [4.78, 5) is 26.2. The number of nitrogens with one attached hydrogen (secondary N) is 1. The maximum absolute atomic E-state index is 13.7. The molecular weight excluding hydrogens is 542 g/mol. The second-order valence-electron chi connectivity index (χ2n) is 9.42. The van der Waals surface area contributed by atoms with Gasteiger partial charge in [0, 0.05) is 5.02 Å². The molecule has 0 aliphatic heterocycles. The molecule has 10 heteroatoms. The third-order valence-corrected chi connectivity index (χ3v) is 7.32. The van der Waals surface area contributed by atoms with Crippen molar-refractivity contribution in [3.63, 3.8) is 0 Å². The molecule has 0 spiro atoms. The van der Waals surface area contributed by atoms with Crippen LogP contribution in [0.3, 0.4) is 0 Å². The lowest BCUT2D eigenvalue weighted by Crippen LogP contribution is -2.34. The van der Waals surface area contributed by atoms with Crippen molar-refractivity contribution in [3.05, 3.63) is 76.5 Å². The van der Waals surface area contributed by atoms with Crippen LogP contribution in [-0.4, -0.2) is 24.7 Å². The number of benzene rings is 2. The van der Waals surface area contributed by atoms with Gasteiger partial charge in [-0.1, -0.05) is 68.2 Å². The highest BCUT2D eigenvalue weighted by atomic mass is 35.5. The molecule has 1 saturated carbocycles. The number of unbranched alkanes of at least 4 members (excludes halogenated alkanes) is 1. The molecular formula is C28H30Cl2F3NO4. The number of hydrogen-bond donors (Lipinski definition) is 1. The van der Waals surface area contributed by atoms with E-state index in [1.807, 2.05) is 6.92 Å². The minimum absolute atomic E-state index is 0.0929. The van der Waals surface area contributed by atoms with Gasteiger partial charge in [-0.05, 0) is 54.7 Å². The highest BCUT2D eigenvalue weighted by Crippen LogP contribution is 2.58. The Labute approximate surface area is 230 Å². The Kier molecular flexibility index (Phi) is 9.76. The van der Waals surface area contributed by atoms with Crippen molar-refractivity contribution < 1.29 is 32.2 Å². The first-order valence-electron chi connectivity index (χ1n) is 12.3. The fourth-order valence-electron chi connectivity index (χ4n) is 4.32. The third-order valence-electron chi connectivity index (χ3n) is 6.74. The van der Waals surface area contributed by atoms with E-state index < -0.39 is 35.4 Å². The Bertz CT molecular complexity index is 1150. The molecule has 206 valence electrons. The minimum Gasteiger partial charge on any atom is -0.493 e. The Morgan fingerprint density at radius 2 is 1.76 bits per heavy atom. The van der Waals surface area contributed by atoms with E-state index >= 15 is 0 Å². The Balaban J connectivity index is 1.92. The number of halogens is 5. The van der Waals surface area contributed by atoms with Crippen LogP contribution in [0, 0.1) is 11.3 Å². The van der Waals surface area contributed by atoms with E-state index in [1.54, 1.807) is 6.07 Å². The van der Waals surface area contributed by atoms with Gasteiger partial charge in [-0.3, -0.25) is 9.59 Å². The van der Waals surface area contributed by atoms with Crippen molar-refractivity contribution in [2.75, 3.05) is 11.9 Å². The number of carbonyl (C=O) groups is 2. The van der Waals surface area contributed by atoms with E-state index in [0.717, 1.165) is 19.8 Å². The summed E-state index contributed by atoms with van der Waals surface area (Å²) in [5.74, 6) is -4.83. The second kappa shape index (κ2) is 12.4. The predicted octanol–water partition coefficient (Wildman–Crippen LogP) is 8.24. The number of esters is 1. The summed E-state index contributed by atoms with van der Waals surface area (Å²) in [6.07, 6.45) is -1.52. The molecule has 3 atom stereocenters. The van der Waals surface area contributed by atoms with E-state index in [9.17, 15) is 22.8 Å². The molecule has 1 N–H and O–H groups in total. The van der Waals surface area contributed by atoms with Crippen molar-refractivity contribution in [2.45, 2.75) is 57.7 Å². The standard InChI is InChI=1S/C28H30Cl2F3NO4/c1-4-6-15-38-26(36)27(13-14-27)24(37-5-2)19-9-12-21(30)22(16-19)34-25(35)23(17(3)28(31,32)33)18-7-10-20(29)11-8-18/h5,7-12,16-17,23-24H,2,4,6,13-15H2,1,3H3,(H,34,35)/t17-,23+,24?/m1/s1. The van der Waals surface area contributed by atoms with Gasteiger partial charge < -0.3 is 14.8 Å². The number of hydrogen-bond acceptors (Lipinski definition) is 4. The van der Waals surface area contributed by atoms with Gasteiger partial charge in [-0.2, -0.15) is 13.2 Å². The smallest absolute Gasteiger partial charge is 0.392 e. The van der Waals surface area contributed by atoms with Crippen molar-refractivity contribution in [3.8, 4) is 0 Å². The van der Waals surface area contributed by atoms with Crippen molar-refractivity contribution >= 4 is 40.8 Å². The summed E-state index contributed by atoms with van der Waals surface area (Å²) in [6.45, 7) is 6.84. The highest BCUT2D eigenvalue weighted by Gasteiger charge is 2.59. The first kappa shape index (κ1) is 29.8. The summed E-state index contributed by atoms with van der Waals surface area (Å²) in [7, 11) is 0. The first-order valence-corrected chi connectivity index (χ1v) is 13.1. The molecule has 5 nitrogen and oxygen atoms in total. The molecule has 0 bridgehead atoms. The van der Waals surface area contributed by atoms with E-state index in [2.05, 4.69) is 11.9 Å². The topological polar surface area (TPSA) is 64.6 Å². The van der Waals surface area contributed by atoms with Crippen LogP contribution in [0.4, 0.5) is 18.9 Å². The van der Waals surface area contributed by atoms with Crippen molar-refractivity contribution in [2.24, 2.45) is 11.3 Å². The number of rotatable bonds is 12. The van der Waals surface area contributed by atoms with E-state index in [1.165, 1.54) is 42.7 Å². The molecule has 1 aliphatic rings. The zero-order valence-corrected chi connectivity index (χ0v) is 22.6. The van der Waals surface area contributed by atoms with Gasteiger partial charge in [0.15, 0.2) is 0 Å². The van der Waals surface area contributed by atoms with Gasteiger partial charge in [0.25, 0.3) is 0 Å². The average molecular weight is 572 g/mol. The summed E-state index contributed by atoms with van der Waals surface area (Å²) >= 11 is 12.2. The number of carbonyl (C=O) groups excluding carboxylic acids is 2. The lowest BCUT2D eigenvalue weighted by atomic mass is 9.85. The maximum atomic E-state index is 13.7. The molecule has 3 rings (SSSR count). The van der Waals surface area contributed by atoms with Crippen LogP contribution in [0.2, 0.25) is 10.0 Å². The molecule has 0 heterocycles. The number of ether oxygens (including phenoxy) is 2. The van der Waals surface area contributed by atoms with Gasteiger partial charge >= 0.3 is 12.1 Å². The Morgan fingerprint density at radius 1 is 1.13 bits per heavy atom. The molecule has 38 heavy (non-hydrogen) atoms. The summed E-state index contributed by atoms with van der Waals surface area (Å²) in [5.41, 5.74) is -0.173. The molecule has 0 saturated heterocycles. The van der Waals surface area contributed by atoms with Gasteiger partial charge in [0.05, 0.1) is 35.4 Å². The van der Waals surface area contributed by atoms with Gasteiger partial charge in [0.2, 0.25) is 5.91 Å². The van der Waals surface area contributed by atoms with Crippen LogP contribution in [0.1, 0.15) is 62.7 Å². The van der Waals surface area contributed by atoms with Crippen LogP contribution in [0.25, 0.3) is 0 Å². The number of amides is 1. The zero-order chi connectivity index (χ0) is 28.1. The molecule has 1 amide bonds. The summed E-state index contributed by atoms with van der Waals surface area (Å²) in [6, 6.07) is 10.3. The zero-order valence-electron chi connectivity index (χ0n) is 21.1. The van der Waals surface area contributed by atoms with E-state index in [4.69, 9.17) is 32.7 Å². The van der Waals surface area contributed by atoms with Crippen LogP contribution >= 0.6 is 23.2 Å². The lowest BCUT2D eigenvalue weighted by molar-refractivity contribution is -0.178. The predicted molar refractivity (Wildman–Crippen MR) is 141 cm³/mol. The third kappa shape index (κ3) is 6.83. The number of anilines is 1. The van der Waals surface area contributed by atoms with Crippen LogP contribution in [-0.2, 0) is 19.1 Å². The highest BCUT2D eigenvalue weighted by molar-refractivity contribution is 6.33. The fourth-order valence-corrected chi connectivity index (χ4v) is 4.61. The van der Waals surface area contributed by atoms with Gasteiger partial charge in [-0.15, -0.1) is 0 Å². The van der Waals surface area contributed by atoms with Crippen LogP contribution in [0.15, 0.2) is 55.3 Å². The summed E-state index contributed by atoms with van der Waals surface area (Å²) < 4.78 is 52.4. The lowest BCUT2D eigenvalue weighted by Gasteiger charge is -2.27. The molecule has 2 aromatic carbocycles. The first-order chi connectivity index (χ1) is 17.9. The molecule has 0 radical (unpaired) electrons. The molecule has 2 aromatic rings. The van der Waals surface area contributed by atoms with Crippen LogP contribution < -0.4 is 5.32 Å². The van der Waals surface area contributed by atoms with Gasteiger partial charge in [-0.25, -0.2) is 0 Å². The van der Waals surface area contributed by atoms with E-state index in [0.29, 0.717) is 30.0 Å². The van der Waals surface area contributed by atoms with E-state index in [-0.39, 0.29) is 22.2 Å². The van der Waals surface area contributed by atoms with Gasteiger partial charge in [0.1, 0.15) is 11.5 Å². The molecule has 1 fully saturated rings. The normalized spacial score (nSPS) is 16.6. The Hall–Kier alpha value is -2.71.